The minimum Gasteiger partial charge on any atom is -0.353 e. The number of nitrogens with zero attached hydrogens (tertiary/aromatic N) is 1. The van der Waals surface area contributed by atoms with E-state index in [2.05, 4.69) is 22.8 Å². The highest BCUT2D eigenvalue weighted by molar-refractivity contribution is 5.88. The van der Waals surface area contributed by atoms with E-state index in [0.29, 0.717) is 26.1 Å². The van der Waals surface area contributed by atoms with Gasteiger partial charge in [-0.2, -0.15) is 0 Å². The summed E-state index contributed by atoms with van der Waals surface area (Å²) in [6.07, 6.45) is 0.702. The number of carbonyl (C=O) groups is 2. The lowest BCUT2D eigenvalue weighted by Gasteiger charge is -2.32. The van der Waals surface area contributed by atoms with Crippen molar-refractivity contribution < 1.29 is 9.59 Å². The Balaban J connectivity index is 1.70. The molecule has 1 fully saturated rings. The normalized spacial score (nSPS) is 22.6. The molecule has 1 aromatic rings. The molecule has 0 unspecified atom stereocenters. The van der Waals surface area contributed by atoms with E-state index in [1.54, 1.807) is 4.90 Å². The maximum absolute atomic E-state index is 12.4. The van der Waals surface area contributed by atoms with Crippen molar-refractivity contribution in [1.29, 1.82) is 0 Å². The summed E-state index contributed by atoms with van der Waals surface area (Å²) >= 11 is 0. The van der Waals surface area contributed by atoms with E-state index >= 15 is 0 Å². The highest BCUT2D eigenvalue weighted by atomic mass is 16.2. The quantitative estimate of drug-likeness (QED) is 0.725. The molecule has 0 aromatic heterocycles. The van der Waals surface area contributed by atoms with Crippen molar-refractivity contribution in [2.45, 2.75) is 19.0 Å². The van der Waals surface area contributed by atoms with Crippen LogP contribution in [0.15, 0.2) is 24.3 Å². The largest absolute Gasteiger partial charge is 0.353 e. The van der Waals surface area contributed by atoms with Crippen LogP contribution in [0.1, 0.15) is 11.1 Å². The Morgan fingerprint density at radius 3 is 2.84 bits per heavy atom. The molecule has 100 valence electrons. The van der Waals surface area contributed by atoms with E-state index in [1.807, 2.05) is 12.1 Å². The molecule has 2 aliphatic heterocycles. The first-order chi connectivity index (χ1) is 9.24. The third-order valence-electron chi connectivity index (χ3n) is 3.73. The van der Waals surface area contributed by atoms with E-state index in [-0.39, 0.29) is 24.4 Å². The minimum atomic E-state index is -0.208. The predicted molar refractivity (Wildman–Crippen MR) is 70.4 cm³/mol. The SMILES string of the molecule is O=C1CN(C(=O)[C@H]2Cc3ccccc3CN2)CCN1. The van der Waals surface area contributed by atoms with Crippen LogP contribution in [0.4, 0.5) is 0 Å². The molecular formula is C14H17N3O2. The van der Waals surface area contributed by atoms with Crippen LogP contribution in [0, 0.1) is 0 Å². The Morgan fingerprint density at radius 1 is 1.26 bits per heavy atom. The van der Waals surface area contributed by atoms with Crippen molar-refractivity contribution in [2.75, 3.05) is 19.6 Å². The maximum Gasteiger partial charge on any atom is 0.240 e. The Labute approximate surface area is 112 Å². The first-order valence-electron chi connectivity index (χ1n) is 6.60. The fourth-order valence-corrected chi connectivity index (χ4v) is 2.68. The van der Waals surface area contributed by atoms with Crippen LogP contribution in [-0.2, 0) is 22.6 Å². The van der Waals surface area contributed by atoms with Crippen LogP contribution in [0.2, 0.25) is 0 Å². The number of nitrogens with one attached hydrogen (secondary N) is 2. The molecule has 2 aliphatic rings. The summed E-state index contributed by atoms with van der Waals surface area (Å²) in [7, 11) is 0. The standard InChI is InChI=1S/C14H17N3O2/c18-13-9-17(6-5-15-13)14(19)12-7-10-3-1-2-4-11(10)8-16-12/h1-4,12,16H,5-9H2,(H,15,18)/t12-/m1/s1. The summed E-state index contributed by atoms with van der Waals surface area (Å²) < 4.78 is 0. The molecule has 5 nitrogen and oxygen atoms in total. The van der Waals surface area contributed by atoms with E-state index < -0.39 is 0 Å². The number of rotatable bonds is 1. The minimum absolute atomic E-state index is 0.0318. The summed E-state index contributed by atoms with van der Waals surface area (Å²) in [5.41, 5.74) is 2.48. The molecule has 5 heteroatoms. The van der Waals surface area contributed by atoms with Gasteiger partial charge in [0.25, 0.3) is 0 Å². The Bertz CT molecular complexity index is 515. The van der Waals surface area contributed by atoms with Crippen molar-refractivity contribution in [1.82, 2.24) is 15.5 Å². The third-order valence-corrected chi connectivity index (χ3v) is 3.73. The molecule has 1 saturated heterocycles. The smallest absolute Gasteiger partial charge is 0.240 e. The Hall–Kier alpha value is -1.88. The lowest BCUT2D eigenvalue weighted by atomic mass is 9.95. The fraction of sp³-hybridized carbons (Fsp3) is 0.429. The number of hydrogen-bond acceptors (Lipinski definition) is 3. The number of fused-ring (bicyclic) bond motifs is 1. The zero-order valence-electron chi connectivity index (χ0n) is 10.7. The van der Waals surface area contributed by atoms with Crippen molar-refractivity contribution in [3.63, 3.8) is 0 Å². The number of piperazine rings is 1. The Kier molecular flexibility index (Phi) is 3.21. The zero-order chi connectivity index (χ0) is 13.2. The van der Waals surface area contributed by atoms with Crippen LogP contribution in [0.3, 0.4) is 0 Å². The molecule has 2 heterocycles. The van der Waals surface area contributed by atoms with Gasteiger partial charge in [0.2, 0.25) is 11.8 Å². The van der Waals surface area contributed by atoms with Gasteiger partial charge in [-0.25, -0.2) is 0 Å². The molecule has 2 N–H and O–H groups in total. The highest BCUT2D eigenvalue weighted by Crippen LogP contribution is 2.17. The van der Waals surface area contributed by atoms with E-state index in [9.17, 15) is 9.59 Å². The predicted octanol–water partition coefficient (Wildman–Crippen LogP) is -0.341. The number of benzene rings is 1. The molecule has 0 bridgehead atoms. The monoisotopic (exact) mass is 259 g/mol. The molecule has 0 aliphatic carbocycles. The van der Waals surface area contributed by atoms with Crippen LogP contribution >= 0.6 is 0 Å². The van der Waals surface area contributed by atoms with Crippen molar-refractivity contribution in [3.05, 3.63) is 35.4 Å². The van der Waals surface area contributed by atoms with Crippen LogP contribution in [0.5, 0.6) is 0 Å². The van der Waals surface area contributed by atoms with Crippen molar-refractivity contribution >= 4 is 11.8 Å². The molecule has 0 saturated carbocycles. The highest BCUT2D eigenvalue weighted by Gasteiger charge is 2.30. The summed E-state index contributed by atoms with van der Waals surface area (Å²) in [4.78, 5) is 25.4. The van der Waals surface area contributed by atoms with Gasteiger partial charge >= 0.3 is 0 Å². The molecule has 1 aromatic carbocycles. The van der Waals surface area contributed by atoms with Gasteiger partial charge < -0.3 is 15.5 Å². The van der Waals surface area contributed by atoms with Crippen LogP contribution < -0.4 is 10.6 Å². The van der Waals surface area contributed by atoms with Crippen molar-refractivity contribution in [2.24, 2.45) is 0 Å². The second-order valence-corrected chi connectivity index (χ2v) is 5.02. The Morgan fingerprint density at radius 2 is 2.05 bits per heavy atom. The zero-order valence-corrected chi connectivity index (χ0v) is 10.7. The number of amides is 2. The molecule has 19 heavy (non-hydrogen) atoms. The maximum atomic E-state index is 12.4. The summed E-state index contributed by atoms with van der Waals surface area (Å²) in [5, 5.41) is 6.00. The van der Waals surface area contributed by atoms with Gasteiger partial charge in [-0.1, -0.05) is 24.3 Å². The fourth-order valence-electron chi connectivity index (χ4n) is 2.68. The second kappa shape index (κ2) is 5.01. The van der Waals surface area contributed by atoms with Gasteiger partial charge in [-0.3, -0.25) is 9.59 Å². The lowest BCUT2D eigenvalue weighted by Crippen LogP contribution is -2.56. The molecule has 2 amide bonds. The molecule has 3 rings (SSSR count). The van der Waals surface area contributed by atoms with Crippen LogP contribution in [-0.4, -0.2) is 42.4 Å². The lowest BCUT2D eigenvalue weighted by molar-refractivity contribution is -0.140. The third kappa shape index (κ3) is 2.46. The number of carbonyl (C=O) groups excluding carboxylic acids is 2. The number of hydrogen-bond donors (Lipinski definition) is 2. The average molecular weight is 259 g/mol. The summed E-state index contributed by atoms with van der Waals surface area (Å²) in [6, 6.07) is 7.95. The van der Waals surface area contributed by atoms with E-state index in [1.165, 1.54) is 11.1 Å². The first-order valence-corrected chi connectivity index (χ1v) is 6.60. The summed E-state index contributed by atoms with van der Waals surface area (Å²) in [6.45, 7) is 2.05. The van der Waals surface area contributed by atoms with Gasteiger partial charge in [-0.15, -0.1) is 0 Å². The van der Waals surface area contributed by atoms with E-state index in [0.717, 1.165) is 0 Å². The van der Waals surface area contributed by atoms with E-state index in [4.69, 9.17) is 0 Å². The molecule has 1 atom stereocenters. The summed E-state index contributed by atoms with van der Waals surface area (Å²) in [5.74, 6) is -0.0415. The first kappa shape index (κ1) is 12.2. The van der Waals surface area contributed by atoms with Crippen LogP contribution in [0.25, 0.3) is 0 Å². The van der Waals surface area contributed by atoms with Gasteiger partial charge in [0.15, 0.2) is 0 Å². The molecule has 0 radical (unpaired) electrons. The van der Waals surface area contributed by atoms with Gasteiger partial charge in [0.05, 0.1) is 12.6 Å². The van der Waals surface area contributed by atoms with Crippen molar-refractivity contribution in [3.8, 4) is 0 Å². The van der Waals surface area contributed by atoms with Gasteiger partial charge in [0.1, 0.15) is 0 Å². The average Bonchev–Trinajstić information content (AvgIpc) is 2.46. The second-order valence-electron chi connectivity index (χ2n) is 5.02. The molecular weight excluding hydrogens is 242 g/mol. The van der Waals surface area contributed by atoms with Gasteiger partial charge in [0, 0.05) is 19.6 Å². The molecule has 0 spiro atoms. The topological polar surface area (TPSA) is 61.4 Å². The van der Waals surface area contributed by atoms with Gasteiger partial charge in [-0.05, 0) is 17.5 Å².